The number of aromatic nitrogens is 2. The Morgan fingerprint density at radius 1 is 1.67 bits per heavy atom. The Morgan fingerprint density at radius 2 is 2.39 bits per heavy atom. The number of urea groups is 1. The van der Waals surface area contributed by atoms with Crippen LogP contribution in [0.2, 0.25) is 0 Å². The molecule has 0 fully saturated rings. The number of carbonyl (C=O) groups excluding carboxylic acids is 2. The highest BCUT2D eigenvalue weighted by Gasteiger charge is 2.08. The first-order valence-corrected chi connectivity index (χ1v) is 5.20. The average molecular weight is 251 g/mol. The summed E-state index contributed by atoms with van der Waals surface area (Å²) in [5, 5.41) is 4.89. The molecular formula is C10H13N5O3. The van der Waals surface area contributed by atoms with E-state index in [4.69, 9.17) is 0 Å². The number of aromatic amines is 1. The van der Waals surface area contributed by atoms with Gasteiger partial charge < -0.3 is 5.32 Å². The maximum absolute atomic E-state index is 11.5. The molecule has 1 aromatic heterocycles. The molecule has 8 nitrogen and oxygen atoms in total. The molecule has 0 aliphatic heterocycles. The second-order valence-corrected chi connectivity index (χ2v) is 3.67. The molecule has 1 aromatic rings. The first-order valence-electron chi connectivity index (χ1n) is 5.20. The van der Waals surface area contributed by atoms with E-state index in [2.05, 4.69) is 25.6 Å². The minimum absolute atomic E-state index is 0.0589. The molecule has 0 bridgehead atoms. The monoisotopic (exact) mass is 251 g/mol. The number of amides is 2. The number of hydrogen-bond acceptors (Lipinski definition) is 5. The Bertz CT molecular complexity index is 533. The minimum atomic E-state index is -0.544. The Kier molecular flexibility index (Phi) is 4.77. The zero-order valence-corrected chi connectivity index (χ0v) is 9.98. The molecule has 3 N–H and O–H groups in total. The van der Waals surface area contributed by atoms with E-state index in [0.717, 1.165) is 0 Å². The molecule has 96 valence electrons. The minimum Gasteiger partial charge on any atom is -0.333 e. The smallest absolute Gasteiger partial charge is 0.321 e. The summed E-state index contributed by atoms with van der Waals surface area (Å²) in [5.41, 5.74) is 0.143. The van der Waals surface area contributed by atoms with Crippen molar-refractivity contribution in [2.45, 2.75) is 19.9 Å². The molecule has 0 aliphatic carbocycles. The second kappa shape index (κ2) is 6.31. The van der Waals surface area contributed by atoms with Gasteiger partial charge in [0.25, 0.3) is 5.56 Å². The van der Waals surface area contributed by atoms with Crippen molar-refractivity contribution in [3.63, 3.8) is 0 Å². The lowest BCUT2D eigenvalue weighted by atomic mass is 10.3. The molecule has 1 atom stereocenters. The molecule has 8 heteroatoms. The van der Waals surface area contributed by atoms with Crippen LogP contribution in [0.1, 0.15) is 12.6 Å². The van der Waals surface area contributed by atoms with Crippen LogP contribution in [0.15, 0.2) is 15.9 Å². The number of hydrogen-bond donors (Lipinski definition) is 3. The van der Waals surface area contributed by atoms with Gasteiger partial charge in [-0.05, 0) is 13.8 Å². The second-order valence-electron chi connectivity index (χ2n) is 3.67. The van der Waals surface area contributed by atoms with E-state index in [9.17, 15) is 14.4 Å². The van der Waals surface area contributed by atoms with E-state index in [1.165, 1.54) is 12.1 Å². The van der Waals surface area contributed by atoms with E-state index in [1.54, 1.807) is 13.8 Å². The van der Waals surface area contributed by atoms with Gasteiger partial charge in [0.05, 0.1) is 6.54 Å². The standard InChI is InChI=1S/C10H13N5O3/c1-6-3-8(17)14-9(12-6)15-10(18)13-7(2)4-11-5-16/h3,7H,4H2,1-2H3,(H3,12,13,14,15,17,18). The predicted molar refractivity (Wildman–Crippen MR) is 64.2 cm³/mol. The van der Waals surface area contributed by atoms with Crippen molar-refractivity contribution in [2.75, 3.05) is 11.9 Å². The molecule has 18 heavy (non-hydrogen) atoms. The van der Waals surface area contributed by atoms with Crippen molar-refractivity contribution >= 4 is 18.1 Å². The Balaban J connectivity index is 2.59. The number of nitrogens with zero attached hydrogens (tertiary/aromatic N) is 2. The molecule has 1 unspecified atom stereocenters. The fourth-order valence-electron chi connectivity index (χ4n) is 1.23. The van der Waals surface area contributed by atoms with Gasteiger partial charge in [-0.3, -0.25) is 15.1 Å². The van der Waals surface area contributed by atoms with Gasteiger partial charge in [0.1, 0.15) is 0 Å². The Morgan fingerprint density at radius 3 is 3.00 bits per heavy atom. The van der Waals surface area contributed by atoms with Crippen molar-refractivity contribution in [3.8, 4) is 0 Å². The van der Waals surface area contributed by atoms with E-state index in [-0.39, 0.29) is 24.1 Å². The third kappa shape index (κ3) is 4.58. The Hall–Kier alpha value is -2.47. The third-order valence-corrected chi connectivity index (χ3v) is 1.91. The van der Waals surface area contributed by atoms with Crippen LogP contribution in [-0.4, -0.2) is 34.7 Å². The predicted octanol–water partition coefficient (Wildman–Crippen LogP) is -0.0759. The van der Waals surface area contributed by atoms with Crippen LogP contribution in [0.4, 0.5) is 10.7 Å². The van der Waals surface area contributed by atoms with Gasteiger partial charge in [-0.1, -0.05) is 0 Å². The van der Waals surface area contributed by atoms with Crippen molar-refractivity contribution in [3.05, 3.63) is 22.1 Å². The zero-order chi connectivity index (χ0) is 13.5. The van der Waals surface area contributed by atoms with Crippen LogP contribution in [0, 0.1) is 6.92 Å². The number of anilines is 1. The molecule has 0 aliphatic rings. The summed E-state index contributed by atoms with van der Waals surface area (Å²) >= 11 is 0. The summed E-state index contributed by atoms with van der Waals surface area (Å²) in [4.78, 5) is 42.1. The van der Waals surface area contributed by atoms with Crippen molar-refractivity contribution < 1.29 is 9.59 Å². The molecule has 0 aromatic carbocycles. The fourth-order valence-corrected chi connectivity index (χ4v) is 1.23. The van der Waals surface area contributed by atoms with Gasteiger partial charge in [0.15, 0.2) is 0 Å². The molecule has 0 spiro atoms. The highest BCUT2D eigenvalue weighted by Crippen LogP contribution is 1.95. The van der Waals surface area contributed by atoms with Gasteiger partial charge in [0.2, 0.25) is 12.0 Å². The van der Waals surface area contributed by atoms with Crippen LogP contribution in [0.25, 0.3) is 0 Å². The molecule has 0 saturated heterocycles. The summed E-state index contributed by atoms with van der Waals surface area (Å²) in [6, 6.07) is 0.435. The van der Waals surface area contributed by atoms with E-state index < -0.39 is 6.03 Å². The largest absolute Gasteiger partial charge is 0.333 e. The fraction of sp³-hybridized carbons (Fsp3) is 0.400. The first kappa shape index (κ1) is 13.6. The number of carbonyl (C=O) groups is 1. The highest BCUT2D eigenvalue weighted by atomic mass is 16.2. The number of rotatable bonds is 4. The summed E-state index contributed by atoms with van der Waals surface area (Å²) in [6.07, 6.45) is 1.38. The summed E-state index contributed by atoms with van der Waals surface area (Å²) in [6.45, 7) is 3.45. The van der Waals surface area contributed by atoms with Crippen molar-refractivity contribution in [1.29, 1.82) is 0 Å². The van der Waals surface area contributed by atoms with Crippen LogP contribution >= 0.6 is 0 Å². The van der Waals surface area contributed by atoms with Gasteiger partial charge >= 0.3 is 6.03 Å². The normalized spacial score (nSPS) is 11.2. The molecule has 1 heterocycles. The maximum Gasteiger partial charge on any atom is 0.321 e. The molecule has 0 saturated carbocycles. The van der Waals surface area contributed by atoms with Gasteiger partial charge in [-0.2, -0.15) is 0 Å². The summed E-state index contributed by atoms with van der Waals surface area (Å²) in [5.74, 6) is 0.0589. The quantitative estimate of drug-likeness (QED) is 0.512. The van der Waals surface area contributed by atoms with E-state index >= 15 is 0 Å². The summed E-state index contributed by atoms with van der Waals surface area (Å²) in [7, 11) is 0. The SMILES string of the molecule is Cc1cc(=O)[nH]c(NC(=O)NC(C)CN=C=O)n1. The maximum atomic E-state index is 11.5. The van der Waals surface area contributed by atoms with Crippen LogP contribution in [0.5, 0.6) is 0 Å². The van der Waals surface area contributed by atoms with E-state index in [0.29, 0.717) is 5.69 Å². The lowest BCUT2D eigenvalue weighted by molar-refractivity contribution is 0.249. The van der Waals surface area contributed by atoms with E-state index in [1.807, 2.05) is 0 Å². The molecule has 0 radical (unpaired) electrons. The number of aliphatic imine (C=N–C) groups is 1. The van der Waals surface area contributed by atoms with Crippen molar-refractivity contribution in [2.24, 2.45) is 4.99 Å². The van der Waals surface area contributed by atoms with Crippen LogP contribution < -0.4 is 16.2 Å². The van der Waals surface area contributed by atoms with Crippen LogP contribution in [0.3, 0.4) is 0 Å². The van der Waals surface area contributed by atoms with Gasteiger partial charge in [-0.15, -0.1) is 0 Å². The number of nitrogens with one attached hydrogen (secondary N) is 3. The topological polar surface area (TPSA) is 116 Å². The summed E-state index contributed by atoms with van der Waals surface area (Å²) < 4.78 is 0. The number of aryl methyl sites for hydroxylation is 1. The average Bonchev–Trinajstić information content (AvgIpc) is 2.24. The molecular weight excluding hydrogens is 238 g/mol. The van der Waals surface area contributed by atoms with Gasteiger partial charge in [-0.25, -0.2) is 19.6 Å². The number of isocyanates is 1. The third-order valence-electron chi connectivity index (χ3n) is 1.91. The molecule has 2 amide bonds. The van der Waals surface area contributed by atoms with Crippen molar-refractivity contribution in [1.82, 2.24) is 15.3 Å². The zero-order valence-electron chi connectivity index (χ0n) is 9.98. The lowest BCUT2D eigenvalue weighted by Gasteiger charge is -2.11. The Labute approximate surface area is 103 Å². The van der Waals surface area contributed by atoms with Gasteiger partial charge in [0, 0.05) is 17.8 Å². The van der Waals surface area contributed by atoms with Crippen LogP contribution in [-0.2, 0) is 4.79 Å². The first-order chi connectivity index (χ1) is 8.51. The lowest BCUT2D eigenvalue weighted by Crippen LogP contribution is -2.38. The highest BCUT2D eigenvalue weighted by molar-refractivity contribution is 5.87. The number of H-pyrrole nitrogens is 1. The molecule has 1 rings (SSSR count).